The molecule has 0 aliphatic heterocycles. The molecule has 3 rings (SSSR count). The Labute approximate surface area is 113 Å². The van der Waals surface area contributed by atoms with Crippen molar-refractivity contribution in [3.05, 3.63) is 66.1 Å². The van der Waals surface area contributed by atoms with Gasteiger partial charge < -0.3 is 0 Å². The molecule has 1 heterocycles. The molecular weight excluding hydrogens is 232 g/mol. The Morgan fingerprint density at radius 2 is 1.89 bits per heavy atom. The van der Waals surface area contributed by atoms with Crippen LogP contribution in [-0.2, 0) is 0 Å². The molecule has 0 fully saturated rings. The molecule has 2 heteroatoms. The monoisotopic (exact) mass is 248 g/mol. The average molecular weight is 248 g/mol. The molecule has 0 unspecified atom stereocenters. The van der Waals surface area contributed by atoms with Crippen LogP contribution in [0, 0.1) is 6.92 Å². The van der Waals surface area contributed by atoms with E-state index in [0.717, 1.165) is 35.6 Å². The average Bonchev–Trinajstić information content (AvgIpc) is 2.48. The summed E-state index contributed by atoms with van der Waals surface area (Å²) in [7, 11) is 0. The summed E-state index contributed by atoms with van der Waals surface area (Å²) in [5.41, 5.74) is 4.38. The van der Waals surface area contributed by atoms with E-state index in [2.05, 4.69) is 35.3 Å². The van der Waals surface area contributed by atoms with Gasteiger partial charge in [-0.3, -0.25) is 0 Å². The molecule has 0 radical (unpaired) electrons. The van der Waals surface area contributed by atoms with Crippen LogP contribution >= 0.6 is 0 Å². The first kappa shape index (κ1) is 11.8. The lowest BCUT2D eigenvalue weighted by atomic mass is 10.0. The zero-order chi connectivity index (χ0) is 13.1. The summed E-state index contributed by atoms with van der Waals surface area (Å²) in [5, 5.41) is 0. The highest BCUT2D eigenvalue weighted by molar-refractivity contribution is 5.66. The van der Waals surface area contributed by atoms with Crippen LogP contribution in [0.2, 0.25) is 0 Å². The first-order valence-electron chi connectivity index (χ1n) is 6.60. The Hall–Kier alpha value is -2.22. The smallest absolute Gasteiger partial charge is 0.155 e. The zero-order valence-electron chi connectivity index (χ0n) is 11.0. The maximum atomic E-state index is 4.71. The molecule has 0 bridgehead atoms. The van der Waals surface area contributed by atoms with Crippen molar-refractivity contribution in [2.75, 3.05) is 0 Å². The van der Waals surface area contributed by atoms with Gasteiger partial charge in [-0.15, -0.1) is 0 Å². The van der Waals surface area contributed by atoms with E-state index in [1.165, 1.54) is 5.57 Å². The van der Waals surface area contributed by atoms with Crippen molar-refractivity contribution < 1.29 is 0 Å². The molecule has 2 nitrogen and oxygen atoms in total. The quantitative estimate of drug-likeness (QED) is 0.796. The van der Waals surface area contributed by atoms with Crippen LogP contribution in [0.15, 0.2) is 54.6 Å². The second-order valence-electron chi connectivity index (χ2n) is 4.74. The van der Waals surface area contributed by atoms with Crippen LogP contribution in [0.4, 0.5) is 0 Å². The van der Waals surface area contributed by atoms with Gasteiger partial charge in [-0.25, -0.2) is 9.97 Å². The maximum absolute atomic E-state index is 4.71. The van der Waals surface area contributed by atoms with Crippen LogP contribution in [0.5, 0.6) is 0 Å². The summed E-state index contributed by atoms with van der Waals surface area (Å²) in [4.78, 5) is 9.28. The second kappa shape index (κ2) is 5.19. The van der Waals surface area contributed by atoms with Crippen molar-refractivity contribution in [2.24, 2.45) is 0 Å². The molecule has 0 spiro atoms. The number of aromatic nitrogens is 2. The van der Waals surface area contributed by atoms with Gasteiger partial charge in [0.05, 0.1) is 5.69 Å². The number of aryl methyl sites for hydroxylation is 1. The summed E-state index contributed by atoms with van der Waals surface area (Å²) < 4.78 is 0. The number of allylic oxidation sites excluding steroid dienone is 4. The Morgan fingerprint density at radius 1 is 1.05 bits per heavy atom. The van der Waals surface area contributed by atoms with Gasteiger partial charge in [-0.2, -0.15) is 0 Å². The van der Waals surface area contributed by atoms with Crippen molar-refractivity contribution in [2.45, 2.75) is 19.8 Å². The lowest BCUT2D eigenvalue weighted by molar-refractivity contribution is 0.990. The molecule has 1 aliphatic rings. The number of benzene rings is 1. The third-order valence-corrected chi connectivity index (χ3v) is 3.22. The molecule has 1 aromatic carbocycles. The summed E-state index contributed by atoms with van der Waals surface area (Å²) in [6.45, 7) is 2.02. The molecule has 94 valence electrons. The van der Waals surface area contributed by atoms with E-state index in [4.69, 9.17) is 4.98 Å². The number of hydrogen-bond donors (Lipinski definition) is 0. The molecule has 0 amide bonds. The second-order valence-corrected chi connectivity index (χ2v) is 4.74. The minimum Gasteiger partial charge on any atom is -0.234 e. The highest BCUT2D eigenvalue weighted by atomic mass is 14.9. The van der Waals surface area contributed by atoms with Gasteiger partial charge in [0.1, 0.15) is 0 Å². The third-order valence-electron chi connectivity index (χ3n) is 3.22. The van der Waals surface area contributed by atoms with Crippen molar-refractivity contribution in [1.82, 2.24) is 9.97 Å². The minimum atomic E-state index is 0.864. The predicted octanol–water partition coefficient (Wildman–Crippen LogP) is 4.19. The van der Waals surface area contributed by atoms with E-state index < -0.39 is 0 Å². The highest BCUT2D eigenvalue weighted by Gasteiger charge is 2.09. The fourth-order valence-corrected chi connectivity index (χ4v) is 2.26. The Bertz CT molecular complexity index is 640. The SMILES string of the molecule is Cc1cc(-c2ccccc2)nc(C2=CC=CCC2)n1. The first-order chi connectivity index (χ1) is 9.33. The van der Waals surface area contributed by atoms with Crippen molar-refractivity contribution >= 4 is 5.57 Å². The fraction of sp³-hybridized carbons (Fsp3) is 0.176. The van der Waals surface area contributed by atoms with Crippen molar-refractivity contribution in [3.8, 4) is 11.3 Å². The van der Waals surface area contributed by atoms with Crippen LogP contribution in [-0.4, -0.2) is 9.97 Å². The summed E-state index contributed by atoms with van der Waals surface area (Å²) in [5.74, 6) is 0.864. The van der Waals surface area contributed by atoms with Gasteiger partial charge in [-0.05, 0) is 31.4 Å². The normalized spacial score (nSPS) is 14.3. The lowest BCUT2D eigenvalue weighted by Crippen LogP contribution is -2.00. The topological polar surface area (TPSA) is 25.8 Å². The Balaban J connectivity index is 2.06. The van der Waals surface area contributed by atoms with Gasteiger partial charge in [-0.1, -0.05) is 48.6 Å². The van der Waals surface area contributed by atoms with E-state index in [-0.39, 0.29) is 0 Å². The van der Waals surface area contributed by atoms with Crippen LogP contribution in [0.3, 0.4) is 0 Å². The summed E-state index contributed by atoms with van der Waals surface area (Å²) >= 11 is 0. The molecule has 0 N–H and O–H groups in total. The maximum Gasteiger partial charge on any atom is 0.155 e. The first-order valence-corrected chi connectivity index (χ1v) is 6.60. The fourth-order valence-electron chi connectivity index (χ4n) is 2.26. The van der Waals surface area contributed by atoms with Crippen LogP contribution in [0.1, 0.15) is 24.4 Å². The van der Waals surface area contributed by atoms with E-state index in [1.807, 2.05) is 31.2 Å². The van der Waals surface area contributed by atoms with Gasteiger partial charge in [0, 0.05) is 11.3 Å². The minimum absolute atomic E-state index is 0.864. The van der Waals surface area contributed by atoms with E-state index in [9.17, 15) is 0 Å². The van der Waals surface area contributed by atoms with Crippen molar-refractivity contribution in [1.29, 1.82) is 0 Å². The largest absolute Gasteiger partial charge is 0.234 e. The van der Waals surface area contributed by atoms with E-state index >= 15 is 0 Å². The number of hydrogen-bond acceptors (Lipinski definition) is 2. The van der Waals surface area contributed by atoms with Crippen molar-refractivity contribution in [3.63, 3.8) is 0 Å². The molecule has 2 aromatic rings. The van der Waals surface area contributed by atoms with Crippen LogP contribution in [0.25, 0.3) is 16.8 Å². The predicted molar refractivity (Wildman–Crippen MR) is 78.6 cm³/mol. The Morgan fingerprint density at radius 3 is 2.63 bits per heavy atom. The summed E-state index contributed by atoms with van der Waals surface area (Å²) in [6, 6.07) is 12.3. The number of rotatable bonds is 2. The molecule has 1 aliphatic carbocycles. The molecule has 19 heavy (non-hydrogen) atoms. The van der Waals surface area contributed by atoms with E-state index in [0.29, 0.717) is 0 Å². The number of nitrogens with zero attached hydrogens (tertiary/aromatic N) is 2. The van der Waals surface area contributed by atoms with Gasteiger partial charge in [0.2, 0.25) is 0 Å². The zero-order valence-corrected chi connectivity index (χ0v) is 11.0. The third kappa shape index (κ3) is 2.63. The highest BCUT2D eigenvalue weighted by Crippen LogP contribution is 2.24. The van der Waals surface area contributed by atoms with Crippen LogP contribution < -0.4 is 0 Å². The lowest BCUT2D eigenvalue weighted by Gasteiger charge is -2.10. The molecule has 0 saturated heterocycles. The molecule has 1 aromatic heterocycles. The molecule has 0 saturated carbocycles. The summed E-state index contributed by atoms with van der Waals surface area (Å²) in [6.07, 6.45) is 8.48. The van der Waals surface area contributed by atoms with Gasteiger partial charge in [0.25, 0.3) is 0 Å². The standard InChI is InChI=1S/C17H16N2/c1-13-12-16(14-8-4-2-5-9-14)19-17(18-13)15-10-6-3-7-11-15/h2-6,8-10,12H,7,11H2,1H3. The van der Waals surface area contributed by atoms with Gasteiger partial charge >= 0.3 is 0 Å². The molecular formula is C17H16N2. The molecule has 0 atom stereocenters. The van der Waals surface area contributed by atoms with Gasteiger partial charge in [0.15, 0.2) is 5.82 Å². The Kier molecular flexibility index (Phi) is 3.23. The van der Waals surface area contributed by atoms with E-state index in [1.54, 1.807) is 0 Å².